The Balaban J connectivity index is 1.64. The molecule has 1 atom stereocenters. The van der Waals surface area contributed by atoms with E-state index in [1.165, 1.54) is 25.1 Å². The Hall–Kier alpha value is -3.42. The number of carbonyl (C=O) groups excluding carboxylic acids is 2. The summed E-state index contributed by atoms with van der Waals surface area (Å²) in [6.07, 6.45) is 1.77. The predicted octanol–water partition coefficient (Wildman–Crippen LogP) is 3.92. The molecule has 3 rings (SSSR count). The Morgan fingerprint density at radius 1 is 1.21 bits per heavy atom. The largest absolute Gasteiger partial charge is 0.449 e. The maximum atomic E-state index is 12.4. The molecular formula is C21H23N3O5. The number of esters is 1. The molecule has 0 spiro atoms. The summed E-state index contributed by atoms with van der Waals surface area (Å²) < 4.78 is 5.19. The number of nitrogens with one attached hydrogen (secondary N) is 2. The smallest absolute Gasteiger partial charge is 0.339 e. The average Bonchev–Trinajstić information content (AvgIpc) is 3.52. The molecule has 0 heterocycles. The van der Waals surface area contributed by atoms with Crippen molar-refractivity contribution in [2.75, 3.05) is 10.6 Å². The van der Waals surface area contributed by atoms with E-state index in [0.717, 1.165) is 24.8 Å². The fraction of sp³-hybridized carbons (Fsp3) is 0.333. The van der Waals surface area contributed by atoms with Gasteiger partial charge in [0.2, 0.25) is 0 Å². The van der Waals surface area contributed by atoms with Crippen LogP contribution in [0.5, 0.6) is 0 Å². The molecule has 8 nitrogen and oxygen atoms in total. The van der Waals surface area contributed by atoms with Gasteiger partial charge in [0.05, 0.1) is 10.5 Å². The molecule has 2 N–H and O–H groups in total. The first-order valence-electron chi connectivity index (χ1n) is 9.53. The first kappa shape index (κ1) is 20.3. The van der Waals surface area contributed by atoms with Crippen molar-refractivity contribution in [1.82, 2.24) is 0 Å². The molecule has 2 aromatic carbocycles. The summed E-state index contributed by atoms with van der Waals surface area (Å²) in [4.78, 5) is 35.4. The van der Waals surface area contributed by atoms with Crippen molar-refractivity contribution in [3.63, 3.8) is 0 Å². The minimum atomic E-state index is -1.06. The van der Waals surface area contributed by atoms with Gasteiger partial charge in [-0.25, -0.2) is 4.79 Å². The fourth-order valence-electron chi connectivity index (χ4n) is 2.73. The van der Waals surface area contributed by atoms with Gasteiger partial charge < -0.3 is 15.4 Å². The maximum absolute atomic E-state index is 12.4. The zero-order valence-electron chi connectivity index (χ0n) is 16.3. The second-order valence-corrected chi connectivity index (χ2v) is 6.99. The third-order valence-corrected chi connectivity index (χ3v) is 4.65. The van der Waals surface area contributed by atoms with Crippen LogP contribution in [0.2, 0.25) is 0 Å². The molecule has 1 fully saturated rings. The van der Waals surface area contributed by atoms with Crippen LogP contribution in [0.1, 0.15) is 42.6 Å². The second-order valence-electron chi connectivity index (χ2n) is 6.99. The lowest BCUT2D eigenvalue weighted by molar-refractivity contribution is -0.384. The molecule has 8 heteroatoms. The third kappa shape index (κ3) is 5.31. The lowest BCUT2D eigenvalue weighted by Crippen LogP contribution is -2.30. The van der Waals surface area contributed by atoms with Crippen LogP contribution in [0.15, 0.2) is 42.5 Å². The predicted molar refractivity (Wildman–Crippen MR) is 109 cm³/mol. The van der Waals surface area contributed by atoms with Crippen LogP contribution in [0.4, 0.5) is 17.1 Å². The van der Waals surface area contributed by atoms with Gasteiger partial charge in [-0.2, -0.15) is 0 Å². The number of nitrogens with zero attached hydrogens (tertiary/aromatic N) is 1. The van der Waals surface area contributed by atoms with Gasteiger partial charge in [-0.1, -0.05) is 19.1 Å². The van der Waals surface area contributed by atoms with E-state index in [9.17, 15) is 19.7 Å². The van der Waals surface area contributed by atoms with Crippen molar-refractivity contribution in [3.8, 4) is 0 Å². The molecule has 0 aromatic heterocycles. The zero-order valence-corrected chi connectivity index (χ0v) is 16.3. The number of benzene rings is 2. The van der Waals surface area contributed by atoms with Crippen molar-refractivity contribution < 1.29 is 19.2 Å². The molecule has 1 amide bonds. The first-order valence-corrected chi connectivity index (χ1v) is 9.53. The monoisotopic (exact) mass is 397 g/mol. The summed E-state index contributed by atoms with van der Waals surface area (Å²) in [5, 5.41) is 17.1. The van der Waals surface area contributed by atoms with Gasteiger partial charge in [-0.15, -0.1) is 0 Å². The van der Waals surface area contributed by atoms with Gasteiger partial charge >= 0.3 is 5.97 Å². The van der Waals surface area contributed by atoms with E-state index < -0.39 is 22.9 Å². The van der Waals surface area contributed by atoms with Gasteiger partial charge in [-0.3, -0.25) is 14.9 Å². The topological polar surface area (TPSA) is 111 Å². The Morgan fingerprint density at radius 3 is 2.48 bits per heavy atom. The highest BCUT2D eigenvalue weighted by Crippen LogP contribution is 2.31. The molecule has 1 aliphatic carbocycles. The number of nitro benzene ring substituents is 1. The SMILES string of the molecule is CCc1ccc(NC(=O)[C@H](C)OC(=O)c2ccc(NC3CC3)c([N+](=O)[O-])c2)cc1. The van der Waals surface area contributed by atoms with Crippen LogP contribution in [-0.2, 0) is 16.0 Å². The van der Waals surface area contributed by atoms with Gasteiger partial charge in [0.25, 0.3) is 11.6 Å². The maximum Gasteiger partial charge on any atom is 0.339 e. The number of aryl methyl sites for hydroxylation is 1. The zero-order chi connectivity index (χ0) is 21.0. The lowest BCUT2D eigenvalue weighted by Gasteiger charge is -2.14. The Bertz CT molecular complexity index is 922. The van der Waals surface area contributed by atoms with Gasteiger partial charge in [0.15, 0.2) is 6.10 Å². The second kappa shape index (κ2) is 8.72. The highest BCUT2D eigenvalue weighted by molar-refractivity contribution is 5.97. The van der Waals surface area contributed by atoms with E-state index in [0.29, 0.717) is 11.4 Å². The summed E-state index contributed by atoms with van der Waals surface area (Å²) in [6.45, 7) is 3.49. The highest BCUT2D eigenvalue weighted by atomic mass is 16.6. The number of rotatable bonds is 8. The van der Waals surface area contributed by atoms with E-state index in [4.69, 9.17) is 4.74 Å². The summed E-state index contributed by atoms with van der Waals surface area (Å²) >= 11 is 0. The normalized spacial score (nSPS) is 14.0. The van der Waals surface area contributed by atoms with Gasteiger partial charge in [-0.05, 0) is 56.0 Å². The van der Waals surface area contributed by atoms with Crippen molar-refractivity contribution in [1.29, 1.82) is 0 Å². The average molecular weight is 397 g/mol. The minimum Gasteiger partial charge on any atom is -0.449 e. The number of ether oxygens (including phenoxy) is 1. The van der Waals surface area contributed by atoms with Gasteiger partial charge in [0.1, 0.15) is 5.69 Å². The van der Waals surface area contributed by atoms with Crippen LogP contribution in [0, 0.1) is 10.1 Å². The first-order chi connectivity index (χ1) is 13.9. The number of anilines is 2. The standard InChI is InChI=1S/C21H23N3O5/c1-3-14-4-7-17(8-5-14)23-20(25)13(2)29-21(26)15-6-11-18(22-16-9-10-16)19(12-15)24(27)28/h4-8,11-13,16,22H,3,9-10H2,1-2H3,(H,23,25)/t13-/m0/s1. The van der Waals surface area contributed by atoms with Gasteiger partial charge in [0, 0.05) is 17.8 Å². The number of carbonyl (C=O) groups is 2. The Kier molecular flexibility index (Phi) is 6.11. The molecule has 2 aromatic rings. The Labute approximate surface area is 168 Å². The molecule has 29 heavy (non-hydrogen) atoms. The van der Waals surface area contributed by atoms with Crippen molar-refractivity contribution in [2.45, 2.75) is 45.3 Å². The summed E-state index contributed by atoms with van der Waals surface area (Å²) in [5.41, 5.74) is 1.93. The molecule has 1 aliphatic rings. The molecule has 0 radical (unpaired) electrons. The quantitative estimate of drug-likeness (QED) is 0.397. The van der Waals surface area contributed by atoms with Crippen LogP contribution < -0.4 is 10.6 Å². The van der Waals surface area contributed by atoms with Crippen LogP contribution in [0.25, 0.3) is 0 Å². The summed E-state index contributed by atoms with van der Waals surface area (Å²) in [7, 11) is 0. The molecular weight excluding hydrogens is 374 g/mol. The number of nitro groups is 1. The summed E-state index contributed by atoms with van der Waals surface area (Å²) in [6, 6.07) is 11.7. The van der Waals surface area contributed by atoms with E-state index in [2.05, 4.69) is 10.6 Å². The van der Waals surface area contributed by atoms with Crippen LogP contribution >= 0.6 is 0 Å². The van der Waals surface area contributed by atoms with E-state index in [1.54, 1.807) is 12.1 Å². The number of hydrogen-bond acceptors (Lipinski definition) is 6. The lowest BCUT2D eigenvalue weighted by atomic mass is 10.1. The van der Waals surface area contributed by atoms with Crippen molar-refractivity contribution in [2.24, 2.45) is 0 Å². The van der Waals surface area contributed by atoms with Crippen LogP contribution in [0.3, 0.4) is 0 Å². The molecule has 0 aliphatic heterocycles. The number of hydrogen-bond donors (Lipinski definition) is 2. The Morgan fingerprint density at radius 2 is 1.90 bits per heavy atom. The minimum absolute atomic E-state index is 0.0185. The van der Waals surface area contributed by atoms with Crippen molar-refractivity contribution in [3.05, 3.63) is 63.7 Å². The van der Waals surface area contributed by atoms with E-state index in [1.807, 2.05) is 19.1 Å². The summed E-state index contributed by atoms with van der Waals surface area (Å²) in [5.74, 6) is -1.28. The molecule has 1 saturated carbocycles. The van der Waals surface area contributed by atoms with Crippen LogP contribution in [-0.4, -0.2) is 28.9 Å². The van der Waals surface area contributed by atoms with E-state index >= 15 is 0 Å². The molecule has 0 unspecified atom stereocenters. The molecule has 0 bridgehead atoms. The van der Waals surface area contributed by atoms with Crippen molar-refractivity contribution >= 4 is 28.9 Å². The molecule has 0 saturated heterocycles. The van der Waals surface area contributed by atoms with E-state index in [-0.39, 0.29) is 17.3 Å². The number of amides is 1. The molecule has 152 valence electrons. The third-order valence-electron chi connectivity index (χ3n) is 4.65. The fourth-order valence-corrected chi connectivity index (χ4v) is 2.73. The highest BCUT2D eigenvalue weighted by Gasteiger charge is 2.26.